The van der Waals surface area contributed by atoms with Crippen molar-refractivity contribution in [3.63, 3.8) is 0 Å². The van der Waals surface area contributed by atoms with E-state index in [0.29, 0.717) is 5.56 Å². The second-order valence-corrected chi connectivity index (χ2v) is 6.91. The summed E-state index contributed by atoms with van der Waals surface area (Å²) in [6.45, 7) is 1.45. The summed E-state index contributed by atoms with van der Waals surface area (Å²) in [6, 6.07) is 5.80. The first-order valence-corrected chi connectivity index (χ1v) is 7.91. The molecule has 0 aliphatic heterocycles. The van der Waals surface area contributed by atoms with Crippen LogP contribution in [0.4, 0.5) is 0 Å². The molecule has 0 aliphatic carbocycles. The fourth-order valence-electron chi connectivity index (χ4n) is 1.77. The zero-order valence-electron chi connectivity index (χ0n) is 12.2. The number of carboxylic acids is 2. The van der Waals surface area contributed by atoms with Crippen molar-refractivity contribution < 1.29 is 33.4 Å². The topological polar surface area (TPSA) is 136 Å². The van der Waals surface area contributed by atoms with Crippen LogP contribution >= 0.6 is 7.60 Å². The quantitative estimate of drug-likeness (QED) is 0.612. The van der Waals surface area contributed by atoms with Gasteiger partial charge in [-0.2, -0.15) is 0 Å². The van der Waals surface area contributed by atoms with Gasteiger partial charge in [0.05, 0.1) is 6.42 Å². The maximum absolute atomic E-state index is 12.7. The van der Waals surface area contributed by atoms with E-state index in [1.807, 2.05) is 0 Å². The number of carboxylic acid groups (broad SMARTS) is 2. The molecule has 4 N–H and O–H groups in total. The lowest BCUT2D eigenvalue weighted by Gasteiger charge is -2.30. The summed E-state index contributed by atoms with van der Waals surface area (Å²) in [4.78, 5) is 22.0. The Morgan fingerprint density at radius 3 is 2.45 bits per heavy atom. The highest BCUT2D eigenvalue weighted by atomic mass is 31.2. The van der Waals surface area contributed by atoms with Crippen molar-refractivity contribution in [2.24, 2.45) is 5.73 Å². The Kier molecular flexibility index (Phi) is 5.71. The molecule has 0 spiro atoms. The van der Waals surface area contributed by atoms with E-state index < -0.39 is 24.8 Å². The largest absolute Gasteiger partial charge is 0.481 e. The first-order chi connectivity index (χ1) is 10.2. The van der Waals surface area contributed by atoms with E-state index in [9.17, 15) is 19.3 Å². The van der Waals surface area contributed by atoms with Gasteiger partial charge in [0.1, 0.15) is 5.75 Å². The third-order valence-corrected chi connectivity index (χ3v) is 5.53. The SMILES string of the molecule is CCC(N)(C(=O)O)P(=O)(OC)Oc1cccc(CC(=O)O)c1. The summed E-state index contributed by atoms with van der Waals surface area (Å²) >= 11 is 0. The van der Waals surface area contributed by atoms with Crippen LogP contribution in [0.15, 0.2) is 24.3 Å². The molecular formula is C13H18NO7P. The Bertz CT molecular complexity index is 618. The van der Waals surface area contributed by atoms with Gasteiger partial charge in [0, 0.05) is 7.11 Å². The number of rotatable bonds is 8. The highest BCUT2D eigenvalue weighted by Gasteiger charge is 2.54. The summed E-state index contributed by atoms with van der Waals surface area (Å²) in [7, 11) is -3.18. The third kappa shape index (κ3) is 3.65. The molecule has 8 nitrogen and oxygen atoms in total. The van der Waals surface area contributed by atoms with Crippen molar-refractivity contribution in [2.45, 2.75) is 25.0 Å². The molecule has 1 aromatic rings. The Morgan fingerprint density at radius 2 is 2.00 bits per heavy atom. The highest BCUT2D eigenvalue weighted by molar-refractivity contribution is 7.57. The monoisotopic (exact) mass is 331 g/mol. The van der Waals surface area contributed by atoms with Crippen LogP contribution in [0.25, 0.3) is 0 Å². The number of nitrogens with two attached hydrogens (primary N) is 1. The van der Waals surface area contributed by atoms with Gasteiger partial charge in [-0.15, -0.1) is 0 Å². The molecule has 1 rings (SSSR count). The Balaban J connectivity index is 3.16. The fourth-order valence-corrected chi connectivity index (χ4v) is 3.35. The maximum atomic E-state index is 12.7. The maximum Gasteiger partial charge on any atom is 0.410 e. The zero-order chi connectivity index (χ0) is 17.0. The summed E-state index contributed by atoms with van der Waals surface area (Å²) in [6.07, 6.45) is -0.433. The molecular weight excluding hydrogens is 313 g/mol. The van der Waals surface area contributed by atoms with Gasteiger partial charge < -0.3 is 25.0 Å². The van der Waals surface area contributed by atoms with Crippen molar-refractivity contribution in [1.82, 2.24) is 0 Å². The smallest absolute Gasteiger partial charge is 0.410 e. The minimum atomic E-state index is -4.22. The third-order valence-electron chi connectivity index (χ3n) is 3.12. The summed E-state index contributed by atoms with van der Waals surface area (Å²) < 4.78 is 22.7. The fraction of sp³-hybridized carbons (Fsp3) is 0.385. The molecule has 0 aromatic heterocycles. The molecule has 1 aromatic carbocycles. The van der Waals surface area contributed by atoms with Crippen LogP contribution in [0, 0.1) is 0 Å². The van der Waals surface area contributed by atoms with Gasteiger partial charge in [0.25, 0.3) is 0 Å². The second-order valence-electron chi connectivity index (χ2n) is 4.57. The summed E-state index contributed by atoms with van der Waals surface area (Å²) in [5.74, 6) is -2.53. The molecule has 0 heterocycles. The van der Waals surface area contributed by atoms with Gasteiger partial charge in [-0.1, -0.05) is 19.1 Å². The molecule has 0 saturated carbocycles. The van der Waals surface area contributed by atoms with Gasteiger partial charge in [-0.3, -0.25) is 4.79 Å². The summed E-state index contributed by atoms with van der Waals surface area (Å²) in [5, 5.41) is 15.8. The van der Waals surface area contributed by atoms with Crippen LogP contribution in [0.3, 0.4) is 0 Å². The average Bonchev–Trinajstić information content (AvgIpc) is 2.45. The molecule has 0 radical (unpaired) electrons. The van der Waals surface area contributed by atoms with E-state index in [4.69, 9.17) is 19.9 Å². The predicted octanol–water partition coefficient (Wildman–Crippen LogP) is 1.68. The lowest BCUT2D eigenvalue weighted by atomic mass is 10.1. The van der Waals surface area contributed by atoms with Crippen molar-refractivity contribution in [3.05, 3.63) is 29.8 Å². The molecule has 0 aliphatic rings. The predicted molar refractivity (Wildman–Crippen MR) is 77.9 cm³/mol. The molecule has 0 amide bonds. The van der Waals surface area contributed by atoms with Gasteiger partial charge in [0.2, 0.25) is 5.28 Å². The van der Waals surface area contributed by atoms with Crippen LogP contribution in [0.2, 0.25) is 0 Å². The minimum absolute atomic E-state index is 0.0217. The number of hydrogen-bond acceptors (Lipinski definition) is 6. The molecule has 9 heteroatoms. The molecule has 0 bridgehead atoms. The lowest BCUT2D eigenvalue weighted by molar-refractivity contribution is -0.140. The van der Waals surface area contributed by atoms with Crippen molar-refractivity contribution >= 4 is 19.5 Å². The van der Waals surface area contributed by atoms with E-state index in [1.54, 1.807) is 6.07 Å². The van der Waals surface area contributed by atoms with E-state index in [1.165, 1.54) is 25.1 Å². The van der Waals surface area contributed by atoms with Gasteiger partial charge in [-0.05, 0) is 24.1 Å². The zero-order valence-corrected chi connectivity index (χ0v) is 13.1. The Labute approximate surface area is 127 Å². The molecule has 22 heavy (non-hydrogen) atoms. The normalized spacial score (nSPS) is 16.3. The van der Waals surface area contributed by atoms with Crippen LogP contribution in [0.5, 0.6) is 5.75 Å². The molecule has 0 fully saturated rings. The van der Waals surface area contributed by atoms with E-state index >= 15 is 0 Å². The summed E-state index contributed by atoms with van der Waals surface area (Å²) in [5.41, 5.74) is 6.09. The Hall–Kier alpha value is -1.89. The molecule has 2 atom stereocenters. The molecule has 122 valence electrons. The van der Waals surface area contributed by atoms with Crippen molar-refractivity contribution in [1.29, 1.82) is 0 Å². The highest BCUT2D eigenvalue weighted by Crippen LogP contribution is 2.58. The van der Waals surface area contributed by atoms with Gasteiger partial charge in [-0.25, -0.2) is 9.36 Å². The van der Waals surface area contributed by atoms with Crippen molar-refractivity contribution in [3.8, 4) is 5.75 Å². The van der Waals surface area contributed by atoms with E-state index in [-0.39, 0.29) is 18.6 Å². The number of carbonyl (C=O) groups is 2. The van der Waals surface area contributed by atoms with E-state index in [2.05, 4.69) is 0 Å². The van der Waals surface area contributed by atoms with Crippen molar-refractivity contribution in [2.75, 3.05) is 7.11 Å². The van der Waals surface area contributed by atoms with E-state index in [0.717, 1.165) is 7.11 Å². The van der Waals surface area contributed by atoms with Gasteiger partial charge >= 0.3 is 19.5 Å². The van der Waals surface area contributed by atoms with Gasteiger partial charge in [0.15, 0.2) is 0 Å². The first-order valence-electron chi connectivity index (χ1n) is 6.37. The minimum Gasteiger partial charge on any atom is -0.481 e. The second kappa shape index (κ2) is 6.91. The van der Waals surface area contributed by atoms with Crippen LogP contribution < -0.4 is 10.3 Å². The molecule has 2 unspecified atom stereocenters. The lowest BCUT2D eigenvalue weighted by Crippen LogP contribution is -2.48. The molecule has 0 saturated heterocycles. The standard InChI is InChI=1S/C13H18NO7P/c1-3-13(14,12(17)18)22(19,20-2)21-10-6-4-5-9(7-10)8-11(15)16/h4-7H,3,8,14H2,1-2H3,(H,15,16)(H,17,18). The van der Waals surface area contributed by atoms with Crippen LogP contribution in [-0.4, -0.2) is 34.5 Å². The number of hydrogen-bond donors (Lipinski definition) is 3. The van der Waals surface area contributed by atoms with Crippen LogP contribution in [-0.2, 0) is 25.1 Å². The number of benzene rings is 1. The number of aliphatic carboxylic acids is 2. The average molecular weight is 331 g/mol. The van der Waals surface area contributed by atoms with Crippen LogP contribution in [0.1, 0.15) is 18.9 Å². The first kappa shape index (κ1) is 18.2. The Morgan fingerprint density at radius 1 is 1.36 bits per heavy atom.